The molecule has 0 saturated carbocycles. The third-order valence-electron chi connectivity index (χ3n) is 7.42. The average molecular weight is 535 g/mol. The number of alkyl halides is 1. The van der Waals surface area contributed by atoms with Gasteiger partial charge >= 0.3 is 0 Å². The van der Waals surface area contributed by atoms with Crippen molar-refractivity contribution in [3.63, 3.8) is 0 Å². The number of β-lactam (4-membered cyclic amide) rings is 1. The molecule has 2 aliphatic heterocycles. The van der Waals surface area contributed by atoms with Gasteiger partial charge in [0.15, 0.2) is 0 Å². The lowest BCUT2D eigenvalue weighted by atomic mass is 9.72. The van der Waals surface area contributed by atoms with Crippen molar-refractivity contribution in [2.45, 2.75) is 27.5 Å². The van der Waals surface area contributed by atoms with Gasteiger partial charge in [0.25, 0.3) is 0 Å². The van der Waals surface area contributed by atoms with Gasteiger partial charge in [-0.2, -0.15) is 0 Å². The summed E-state index contributed by atoms with van der Waals surface area (Å²) >= 11 is 8.71. The lowest BCUT2D eigenvalue weighted by molar-refractivity contribution is -0.127. The van der Waals surface area contributed by atoms with Crippen molar-refractivity contribution < 1.29 is 9.53 Å². The molecule has 2 aliphatic rings. The minimum absolute atomic E-state index is 0.0679. The summed E-state index contributed by atoms with van der Waals surface area (Å²) in [5, 5.41) is 0.288. The van der Waals surface area contributed by atoms with Crippen LogP contribution in [0.5, 0.6) is 11.6 Å². The first-order valence-electron chi connectivity index (χ1n) is 12.6. The number of carbonyl (C=O) groups excluding carboxylic acids is 1. The van der Waals surface area contributed by atoms with E-state index >= 15 is 0 Å². The predicted molar refractivity (Wildman–Crippen MR) is 153 cm³/mol. The van der Waals surface area contributed by atoms with Crippen molar-refractivity contribution in [1.82, 2.24) is 4.98 Å². The number of thioether (sulfide) groups is 1. The van der Waals surface area contributed by atoms with Crippen LogP contribution in [0, 0.1) is 0 Å². The van der Waals surface area contributed by atoms with Gasteiger partial charge in [0.1, 0.15) is 11.1 Å². The molecule has 1 saturated heterocycles. The number of amides is 1. The Kier molecular flexibility index (Phi) is 5.64. The lowest BCUT2D eigenvalue weighted by Gasteiger charge is -2.55. The van der Waals surface area contributed by atoms with Gasteiger partial charge in [-0.15, -0.1) is 23.4 Å². The minimum atomic E-state index is -0.695. The third-order valence-corrected chi connectivity index (χ3v) is 9.27. The monoisotopic (exact) mass is 534 g/mol. The van der Waals surface area contributed by atoms with Crippen molar-refractivity contribution in [3.05, 3.63) is 126 Å². The maximum Gasteiger partial charge on any atom is 0.248 e. The van der Waals surface area contributed by atoms with E-state index in [0.717, 1.165) is 38.4 Å². The van der Waals surface area contributed by atoms with E-state index in [1.165, 1.54) is 0 Å². The van der Waals surface area contributed by atoms with E-state index in [-0.39, 0.29) is 11.2 Å². The molecule has 6 heteroatoms. The Bertz CT molecular complexity index is 1660. The molecule has 1 aromatic heterocycles. The summed E-state index contributed by atoms with van der Waals surface area (Å²) in [6, 6.07) is 38.2. The van der Waals surface area contributed by atoms with Crippen LogP contribution in [0.1, 0.15) is 22.8 Å². The Balaban J connectivity index is 1.44. The number of aromatic nitrogens is 1. The van der Waals surface area contributed by atoms with Crippen LogP contribution >= 0.6 is 23.4 Å². The molecule has 5 aromatic rings. The summed E-state index contributed by atoms with van der Waals surface area (Å²) in [6.45, 7) is 0. The van der Waals surface area contributed by atoms with E-state index in [9.17, 15) is 4.79 Å². The van der Waals surface area contributed by atoms with Crippen LogP contribution in [0.25, 0.3) is 10.9 Å². The van der Waals surface area contributed by atoms with Crippen molar-refractivity contribution >= 4 is 45.9 Å². The van der Waals surface area contributed by atoms with Gasteiger partial charge in [0.2, 0.25) is 11.8 Å². The molecule has 0 aliphatic carbocycles. The molecule has 186 valence electrons. The smallest absolute Gasteiger partial charge is 0.248 e. The molecule has 0 bridgehead atoms. The zero-order chi connectivity index (χ0) is 25.7. The van der Waals surface area contributed by atoms with Gasteiger partial charge in [-0.05, 0) is 48.4 Å². The molecule has 3 unspecified atom stereocenters. The normalized spacial score (nSPS) is 22.2. The van der Waals surface area contributed by atoms with E-state index in [2.05, 4.69) is 30.3 Å². The predicted octanol–water partition coefficient (Wildman–Crippen LogP) is 8.11. The van der Waals surface area contributed by atoms with E-state index in [0.29, 0.717) is 12.3 Å². The highest BCUT2D eigenvalue weighted by molar-refractivity contribution is 7.99. The first-order valence-corrected chi connectivity index (χ1v) is 13.9. The molecule has 1 amide bonds. The number of anilines is 1. The number of rotatable bonds is 4. The van der Waals surface area contributed by atoms with Gasteiger partial charge < -0.3 is 4.74 Å². The van der Waals surface area contributed by atoms with Crippen LogP contribution in [0.3, 0.4) is 0 Å². The van der Waals surface area contributed by atoms with Crippen molar-refractivity contribution in [3.8, 4) is 11.6 Å². The molecule has 3 heterocycles. The second kappa shape index (κ2) is 9.19. The summed E-state index contributed by atoms with van der Waals surface area (Å²) in [6.07, 6.45) is 0.613. The molecule has 3 atom stereocenters. The zero-order valence-electron chi connectivity index (χ0n) is 20.3. The quantitative estimate of drug-likeness (QED) is 0.172. The van der Waals surface area contributed by atoms with Gasteiger partial charge in [0.05, 0.1) is 16.7 Å². The molecule has 0 N–H and O–H groups in total. The molecular formula is C32H23ClN2O2S. The fraction of sp³-hybridized carbons (Fsp3) is 0.125. The lowest BCUT2D eigenvalue weighted by Crippen LogP contribution is -2.70. The van der Waals surface area contributed by atoms with Gasteiger partial charge in [-0.1, -0.05) is 78.9 Å². The summed E-state index contributed by atoms with van der Waals surface area (Å²) in [5.74, 6) is 1.23. The number of benzene rings is 4. The minimum Gasteiger partial charge on any atom is -0.439 e. The Hall–Kier alpha value is -3.80. The Morgan fingerprint density at radius 3 is 2.37 bits per heavy atom. The van der Waals surface area contributed by atoms with Crippen LogP contribution in [-0.2, 0) is 10.3 Å². The fourth-order valence-electron chi connectivity index (χ4n) is 5.63. The third kappa shape index (κ3) is 3.61. The zero-order valence-corrected chi connectivity index (χ0v) is 21.9. The molecule has 38 heavy (non-hydrogen) atoms. The summed E-state index contributed by atoms with van der Waals surface area (Å²) in [5.41, 5.74) is 3.08. The van der Waals surface area contributed by atoms with Gasteiger partial charge in [0, 0.05) is 21.1 Å². The van der Waals surface area contributed by atoms with Crippen LogP contribution in [0.4, 0.5) is 5.69 Å². The summed E-state index contributed by atoms with van der Waals surface area (Å²) in [4.78, 5) is 21.3. The number of nitrogens with zero attached hydrogens (tertiary/aromatic N) is 2. The summed E-state index contributed by atoms with van der Waals surface area (Å²) < 4.78 is 6.43. The van der Waals surface area contributed by atoms with Crippen LogP contribution < -0.4 is 9.64 Å². The molecule has 4 aromatic carbocycles. The van der Waals surface area contributed by atoms with Gasteiger partial charge in [-0.3, -0.25) is 9.69 Å². The highest BCUT2D eigenvalue weighted by atomic mass is 35.5. The number of para-hydroxylation sites is 3. The highest BCUT2D eigenvalue weighted by Gasteiger charge is 2.63. The van der Waals surface area contributed by atoms with E-state index in [1.807, 2.05) is 89.8 Å². The first kappa shape index (κ1) is 23.3. The fourth-order valence-corrected chi connectivity index (χ4v) is 7.42. The van der Waals surface area contributed by atoms with E-state index in [1.54, 1.807) is 11.8 Å². The number of ether oxygens (including phenoxy) is 1. The molecular weight excluding hydrogens is 512 g/mol. The molecule has 7 rings (SSSR count). The second-order valence-electron chi connectivity index (χ2n) is 9.60. The largest absolute Gasteiger partial charge is 0.439 e. The Morgan fingerprint density at radius 2 is 1.55 bits per heavy atom. The number of halogens is 1. The molecule has 1 fully saturated rings. The van der Waals surface area contributed by atoms with Crippen molar-refractivity contribution in [2.75, 3.05) is 4.90 Å². The molecule has 4 nitrogen and oxygen atoms in total. The second-order valence-corrected chi connectivity index (χ2v) is 11.3. The van der Waals surface area contributed by atoms with Crippen LogP contribution in [-0.4, -0.2) is 16.3 Å². The van der Waals surface area contributed by atoms with E-state index < -0.39 is 10.9 Å². The Labute approximate surface area is 230 Å². The number of carbonyl (C=O) groups is 1. The molecule has 0 spiro atoms. The standard InChI is InChI=1S/C32H23ClN2O2S/c33-29-31(36)35-26-17-9-10-18-27(26)38-28(20-32(29,35)22-12-3-1-4-13-22)24-19-21-11-7-8-16-25(21)34-30(24)37-23-14-5-2-6-15-23/h1-19,28-29H,20H2. The van der Waals surface area contributed by atoms with Crippen LogP contribution in [0.15, 0.2) is 120 Å². The molecule has 0 radical (unpaired) electrons. The topological polar surface area (TPSA) is 42.4 Å². The number of fused-ring (bicyclic) bond motifs is 4. The number of hydrogen-bond donors (Lipinski definition) is 0. The van der Waals surface area contributed by atoms with Crippen molar-refractivity contribution in [1.29, 1.82) is 0 Å². The Morgan fingerprint density at radius 1 is 0.868 bits per heavy atom. The number of hydrogen-bond acceptors (Lipinski definition) is 4. The average Bonchev–Trinajstić information content (AvgIpc) is 3.11. The van der Waals surface area contributed by atoms with Gasteiger partial charge in [-0.25, -0.2) is 4.98 Å². The number of pyridine rings is 1. The maximum atomic E-state index is 13.4. The SMILES string of the molecule is O=C1C(Cl)C2(c3ccccc3)CC(c3cc4ccccc4nc3Oc3ccccc3)Sc3ccccc3N12. The van der Waals surface area contributed by atoms with Crippen molar-refractivity contribution in [2.24, 2.45) is 0 Å². The van der Waals surface area contributed by atoms with E-state index in [4.69, 9.17) is 21.3 Å². The maximum absolute atomic E-state index is 13.4. The highest BCUT2D eigenvalue weighted by Crippen LogP contribution is 2.61. The first-order chi connectivity index (χ1) is 18.6. The summed E-state index contributed by atoms with van der Waals surface area (Å²) in [7, 11) is 0. The van der Waals surface area contributed by atoms with Crippen LogP contribution in [0.2, 0.25) is 0 Å².